The molecule has 0 aliphatic carbocycles. The molecule has 1 N–H and O–H groups in total. The zero-order chi connectivity index (χ0) is 17.1. The van der Waals surface area contributed by atoms with Gasteiger partial charge in [0.25, 0.3) is 0 Å². The van der Waals surface area contributed by atoms with Crippen LogP contribution in [0, 0.1) is 6.92 Å². The molecule has 0 bridgehead atoms. The van der Waals surface area contributed by atoms with Crippen molar-refractivity contribution in [1.29, 1.82) is 0 Å². The number of nitrogens with zero attached hydrogens (tertiary/aromatic N) is 3. The number of benzene rings is 1. The second-order valence-electron chi connectivity index (χ2n) is 5.14. The Labute approximate surface area is 148 Å². The Morgan fingerprint density at radius 3 is 2.92 bits per heavy atom. The van der Waals surface area contributed by atoms with Crippen LogP contribution >= 0.6 is 23.4 Å². The molecule has 0 fully saturated rings. The number of anilines is 1. The molecule has 0 aliphatic heterocycles. The number of furan rings is 1. The molecule has 3 rings (SSSR count). The minimum atomic E-state index is -0.118. The molecule has 0 aliphatic rings. The minimum absolute atomic E-state index is 0.118. The highest BCUT2D eigenvalue weighted by atomic mass is 35.5. The zero-order valence-corrected chi connectivity index (χ0v) is 14.7. The molecule has 6 nitrogen and oxygen atoms in total. The Kier molecular flexibility index (Phi) is 4.92. The first kappa shape index (κ1) is 16.6. The largest absolute Gasteiger partial charge is 0.461 e. The lowest BCUT2D eigenvalue weighted by molar-refractivity contribution is -0.113. The fourth-order valence-electron chi connectivity index (χ4n) is 2.14. The third kappa shape index (κ3) is 3.63. The molecule has 0 atom stereocenters. The van der Waals surface area contributed by atoms with Gasteiger partial charge >= 0.3 is 0 Å². The Balaban J connectivity index is 1.62. The van der Waals surface area contributed by atoms with Gasteiger partial charge in [-0.3, -0.25) is 4.79 Å². The van der Waals surface area contributed by atoms with Crippen molar-refractivity contribution in [1.82, 2.24) is 14.8 Å². The monoisotopic (exact) mass is 362 g/mol. The number of aromatic nitrogens is 3. The number of amides is 1. The summed E-state index contributed by atoms with van der Waals surface area (Å²) in [5.41, 5.74) is 1.67. The van der Waals surface area contributed by atoms with Gasteiger partial charge in [-0.25, -0.2) is 0 Å². The topological polar surface area (TPSA) is 73.0 Å². The van der Waals surface area contributed by atoms with Crippen LogP contribution in [0.3, 0.4) is 0 Å². The number of aryl methyl sites for hydroxylation is 1. The molecule has 1 amide bonds. The maximum Gasteiger partial charge on any atom is 0.234 e. The predicted octanol–water partition coefficient (Wildman–Crippen LogP) is 3.77. The normalized spacial score (nSPS) is 10.8. The van der Waals surface area contributed by atoms with E-state index in [0.717, 1.165) is 11.3 Å². The zero-order valence-electron chi connectivity index (χ0n) is 13.1. The van der Waals surface area contributed by atoms with Crippen molar-refractivity contribution >= 4 is 35.0 Å². The third-order valence-corrected chi connectivity index (χ3v) is 4.63. The molecular formula is C16H15ClN4O2S. The van der Waals surface area contributed by atoms with E-state index in [1.54, 1.807) is 29.0 Å². The van der Waals surface area contributed by atoms with Crippen molar-refractivity contribution in [3.63, 3.8) is 0 Å². The predicted molar refractivity (Wildman–Crippen MR) is 94.2 cm³/mol. The SMILES string of the molecule is Cc1cc(Cl)ccc1NC(=O)CSc1nnc(-c2ccco2)n1C. The highest BCUT2D eigenvalue weighted by Gasteiger charge is 2.14. The van der Waals surface area contributed by atoms with Crippen molar-refractivity contribution in [2.75, 3.05) is 11.1 Å². The summed E-state index contributed by atoms with van der Waals surface area (Å²) in [6.45, 7) is 1.90. The van der Waals surface area contributed by atoms with Crippen LogP contribution in [0.15, 0.2) is 46.2 Å². The lowest BCUT2D eigenvalue weighted by Crippen LogP contribution is -2.15. The van der Waals surface area contributed by atoms with Crippen LogP contribution in [0.25, 0.3) is 11.6 Å². The number of carbonyl (C=O) groups excluding carboxylic acids is 1. The van der Waals surface area contributed by atoms with E-state index in [9.17, 15) is 4.79 Å². The van der Waals surface area contributed by atoms with E-state index in [1.165, 1.54) is 11.8 Å². The van der Waals surface area contributed by atoms with Crippen molar-refractivity contribution < 1.29 is 9.21 Å². The van der Waals surface area contributed by atoms with Crippen LogP contribution in [0.4, 0.5) is 5.69 Å². The van der Waals surface area contributed by atoms with Gasteiger partial charge in [-0.2, -0.15) is 0 Å². The number of rotatable bonds is 5. The molecule has 0 radical (unpaired) electrons. The maximum absolute atomic E-state index is 12.1. The molecule has 0 saturated carbocycles. The average molecular weight is 363 g/mol. The van der Waals surface area contributed by atoms with Crippen LogP contribution in [-0.4, -0.2) is 26.4 Å². The van der Waals surface area contributed by atoms with Gasteiger partial charge in [-0.05, 0) is 42.8 Å². The van der Waals surface area contributed by atoms with Gasteiger partial charge in [0.15, 0.2) is 16.7 Å². The van der Waals surface area contributed by atoms with Crippen molar-refractivity contribution in [3.8, 4) is 11.6 Å². The van der Waals surface area contributed by atoms with Gasteiger partial charge in [0.2, 0.25) is 5.91 Å². The molecule has 0 spiro atoms. The lowest BCUT2D eigenvalue weighted by Gasteiger charge is -2.08. The van der Waals surface area contributed by atoms with E-state index < -0.39 is 0 Å². The smallest absolute Gasteiger partial charge is 0.234 e. The molecule has 1 aromatic carbocycles. The van der Waals surface area contributed by atoms with Crippen molar-refractivity contribution in [2.45, 2.75) is 12.1 Å². The summed E-state index contributed by atoms with van der Waals surface area (Å²) >= 11 is 7.23. The average Bonchev–Trinajstić information content (AvgIpc) is 3.18. The van der Waals surface area contributed by atoms with Crippen LogP contribution < -0.4 is 5.32 Å². The van der Waals surface area contributed by atoms with Gasteiger partial charge in [0, 0.05) is 17.8 Å². The summed E-state index contributed by atoms with van der Waals surface area (Å²) in [4.78, 5) is 12.1. The van der Waals surface area contributed by atoms with Crippen molar-refractivity contribution in [2.24, 2.45) is 7.05 Å². The Hall–Kier alpha value is -2.25. The van der Waals surface area contributed by atoms with E-state index in [4.69, 9.17) is 16.0 Å². The lowest BCUT2D eigenvalue weighted by atomic mass is 10.2. The summed E-state index contributed by atoms with van der Waals surface area (Å²) in [6, 6.07) is 8.95. The number of nitrogens with one attached hydrogen (secondary N) is 1. The van der Waals surface area contributed by atoms with E-state index in [-0.39, 0.29) is 11.7 Å². The molecule has 0 unspecified atom stereocenters. The quantitative estimate of drug-likeness (QED) is 0.699. The maximum atomic E-state index is 12.1. The van der Waals surface area contributed by atoms with Gasteiger partial charge in [-0.1, -0.05) is 23.4 Å². The van der Waals surface area contributed by atoms with Crippen LogP contribution in [0.1, 0.15) is 5.56 Å². The van der Waals surface area contributed by atoms with Crippen molar-refractivity contribution in [3.05, 3.63) is 47.2 Å². The molecular weight excluding hydrogens is 348 g/mol. The first-order valence-electron chi connectivity index (χ1n) is 7.16. The van der Waals surface area contributed by atoms with E-state index in [1.807, 2.05) is 26.1 Å². The van der Waals surface area contributed by atoms with Crippen LogP contribution in [0.2, 0.25) is 5.02 Å². The van der Waals surface area contributed by atoms with Crippen LogP contribution in [0.5, 0.6) is 0 Å². The molecule has 124 valence electrons. The summed E-state index contributed by atoms with van der Waals surface area (Å²) < 4.78 is 7.11. The highest BCUT2D eigenvalue weighted by Crippen LogP contribution is 2.24. The Morgan fingerprint density at radius 2 is 2.21 bits per heavy atom. The fraction of sp³-hybridized carbons (Fsp3) is 0.188. The minimum Gasteiger partial charge on any atom is -0.461 e. The van der Waals surface area contributed by atoms with Gasteiger partial charge in [0.1, 0.15) is 0 Å². The molecule has 3 aromatic rings. The molecule has 0 saturated heterocycles. The summed E-state index contributed by atoms with van der Waals surface area (Å²) in [6.07, 6.45) is 1.58. The van der Waals surface area contributed by atoms with Gasteiger partial charge in [0.05, 0.1) is 12.0 Å². The Bertz CT molecular complexity index is 861. The molecule has 24 heavy (non-hydrogen) atoms. The standard InChI is InChI=1S/C16H15ClN4O2S/c1-10-8-11(17)5-6-12(10)18-14(22)9-24-16-20-19-15(21(16)2)13-4-3-7-23-13/h3-8H,9H2,1-2H3,(H,18,22). The highest BCUT2D eigenvalue weighted by molar-refractivity contribution is 7.99. The first-order chi connectivity index (χ1) is 11.5. The van der Waals surface area contributed by atoms with Gasteiger partial charge in [-0.15, -0.1) is 10.2 Å². The number of hydrogen-bond acceptors (Lipinski definition) is 5. The van der Waals surface area contributed by atoms with Crippen LogP contribution in [-0.2, 0) is 11.8 Å². The molecule has 2 heterocycles. The summed E-state index contributed by atoms with van der Waals surface area (Å²) in [5.74, 6) is 1.37. The first-order valence-corrected chi connectivity index (χ1v) is 8.53. The number of halogens is 1. The van der Waals surface area contributed by atoms with E-state index in [0.29, 0.717) is 21.8 Å². The van der Waals surface area contributed by atoms with Gasteiger partial charge < -0.3 is 14.3 Å². The number of hydrogen-bond donors (Lipinski definition) is 1. The number of thioether (sulfide) groups is 1. The summed E-state index contributed by atoms with van der Waals surface area (Å²) in [7, 11) is 1.83. The van der Waals surface area contributed by atoms with E-state index >= 15 is 0 Å². The number of carbonyl (C=O) groups is 1. The third-order valence-electron chi connectivity index (χ3n) is 3.37. The summed E-state index contributed by atoms with van der Waals surface area (Å²) in [5, 5.41) is 12.3. The second kappa shape index (κ2) is 7.11. The Morgan fingerprint density at radius 1 is 1.38 bits per heavy atom. The molecule has 2 aromatic heterocycles. The van der Waals surface area contributed by atoms with E-state index in [2.05, 4.69) is 15.5 Å². The fourth-order valence-corrected chi connectivity index (χ4v) is 3.08. The molecule has 8 heteroatoms. The second-order valence-corrected chi connectivity index (χ2v) is 6.52.